The lowest BCUT2D eigenvalue weighted by Crippen LogP contribution is -2.34. The fourth-order valence-corrected chi connectivity index (χ4v) is 4.36. The maximum absolute atomic E-state index is 14.0. The minimum atomic E-state index is -0.476. The standard InChI is InChI=1S/C23H22FN3O2S/c1-15-6-8-16(9-7-15)23-26-18(14-30-23)10-11-25-22(29)17-12-21(28)27(13-17)20-5-3-2-4-19(20)24/h2-9,14,17H,10-13H2,1H3,(H,25,29). The number of anilines is 1. The number of thiazole rings is 1. The van der Waals surface area contributed by atoms with Gasteiger partial charge in [0.2, 0.25) is 11.8 Å². The van der Waals surface area contributed by atoms with Gasteiger partial charge in [-0.05, 0) is 19.1 Å². The van der Waals surface area contributed by atoms with E-state index in [9.17, 15) is 14.0 Å². The molecule has 0 spiro atoms. The lowest BCUT2D eigenvalue weighted by atomic mass is 10.1. The largest absolute Gasteiger partial charge is 0.355 e. The van der Waals surface area contributed by atoms with Gasteiger partial charge in [-0.25, -0.2) is 9.37 Å². The van der Waals surface area contributed by atoms with Crippen molar-refractivity contribution in [3.8, 4) is 10.6 Å². The number of amides is 2. The quantitative estimate of drug-likeness (QED) is 0.653. The lowest BCUT2D eigenvalue weighted by molar-refractivity contribution is -0.126. The summed E-state index contributed by atoms with van der Waals surface area (Å²) in [6.07, 6.45) is 0.709. The number of benzene rings is 2. The van der Waals surface area contributed by atoms with Crippen molar-refractivity contribution in [3.63, 3.8) is 0 Å². The molecule has 0 saturated carbocycles. The van der Waals surface area contributed by atoms with Crippen LogP contribution in [0.15, 0.2) is 53.9 Å². The van der Waals surface area contributed by atoms with Crippen molar-refractivity contribution in [3.05, 3.63) is 71.0 Å². The zero-order valence-corrected chi connectivity index (χ0v) is 17.4. The molecule has 0 bridgehead atoms. The van der Waals surface area contributed by atoms with Gasteiger partial charge < -0.3 is 10.2 Å². The number of hydrogen-bond donors (Lipinski definition) is 1. The molecule has 1 saturated heterocycles. The molecule has 154 valence electrons. The van der Waals surface area contributed by atoms with E-state index >= 15 is 0 Å². The fourth-order valence-electron chi connectivity index (χ4n) is 3.50. The molecule has 1 aromatic heterocycles. The molecular formula is C23H22FN3O2S. The number of carbonyl (C=O) groups is 2. The number of aryl methyl sites for hydroxylation is 1. The summed E-state index contributed by atoms with van der Waals surface area (Å²) < 4.78 is 14.0. The van der Waals surface area contributed by atoms with Gasteiger partial charge in [0.05, 0.1) is 17.3 Å². The molecule has 3 aromatic rings. The SMILES string of the molecule is Cc1ccc(-c2nc(CCNC(=O)C3CC(=O)N(c4ccccc4F)C3)cs2)cc1. The molecule has 0 aliphatic carbocycles. The molecule has 5 nitrogen and oxygen atoms in total. The topological polar surface area (TPSA) is 62.3 Å². The smallest absolute Gasteiger partial charge is 0.227 e. The first-order valence-electron chi connectivity index (χ1n) is 9.85. The van der Waals surface area contributed by atoms with Gasteiger partial charge in [0.25, 0.3) is 0 Å². The number of halogens is 1. The van der Waals surface area contributed by atoms with Gasteiger partial charge in [-0.1, -0.05) is 42.0 Å². The third-order valence-electron chi connectivity index (χ3n) is 5.17. The molecular weight excluding hydrogens is 401 g/mol. The summed E-state index contributed by atoms with van der Waals surface area (Å²) in [5, 5.41) is 5.85. The van der Waals surface area contributed by atoms with Gasteiger partial charge in [0, 0.05) is 36.9 Å². The zero-order valence-electron chi connectivity index (χ0n) is 16.6. The highest BCUT2D eigenvalue weighted by Gasteiger charge is 2.35. The van der Waals surface area contributed by atoms with E-state index in [-0.39, 0.29) is 30.5 Å². The monoisotopic (exact) mass is 423 g/mol. The number of rotatable bonds is 6. The molecule has 1 fully saturated rings. The molecule has 2 heterocycles. The minimum Gasteiger partial charge on any atom is -0.355 e. The van der Waals surface area contributed by atoms with E-state index in [1.165, 1.54) is 16.5 Å². The van der Waals surface area contributed by atoms with Crippen LogP contribution in [0.1, 0.15) is 17.7 Å². The minimum absolute atomic E-state index is 0.0917. The molecule has 1 N–H and O–H groups in total. The van der Waals surface area contributed by atoms with Crippen LogP contribution in [0.4, 0.5) is 10.1 Å². The Bertz CT molecular complexity index is 1060. The van der Waals surface area contributed by atoms with Crippen LogP contribution < -0.4 is 10.2 Å². The third-order valence-corrected chi connectivity index (χ3v) is 6.11. The van der Waals surface area contributed by atoms with Crippen LogP contribution in [-0.4, -0.2) is 29.9 Å². The summed E-state index contributed by atoms with van der Waals surface area (Å²) in [4.78, 5) is 30.8. The predicted molar refractivity (Wildman–Crippen MR) is 116 cm³/mol. The summed E-state index contributed by atoms with van der Waals surface area (Å²) in [7, 11) is 0. The molecule has 2 aromatic carbocycles. The second kappa shape index (κ2) is 8.75. The van der Waals surface area contributed by atoms with Crippen molar-refractivity contribution >= 4 is 28.8 Å². The van der Waals surface area contributed by atoms with E-state index in [2.05, 4.69) is 34.6 Å². The summed E-state index contributed by atoms with van der Waals surface area (Å²) in [6, 6.07) is 14.4. The Labute approximate surface area is 178 Å². The van der Waals surface area contributed by atoms with Crippen molar-refractivity contribution in [2.75, 3.05) is 18.0 Å². The number of para-hydroxylation sites is 1. The molecule has 7 heteroatoms. The Morgan fingerprint density at radius 2 is 2.00 bits per heavy atom. The summed E-state index contributed by atoms with van der Waals surface area (Å²) in [5.41, 5.74) is 3.44. The maximum Gasteiger partial charge on any atom is 0.227 e. The van der Waals surface area contributed by atoms with Crippen molar-refractivity contribution < 1.29 is 14.0 Å². The van der Waals surface area contributed by atoms with Crippen molar-refractivity contribution in [2.45, 2.75) is 19.8 Å². The first-order chi connectivity index (χ1) is 14.5. The normalized spacial score (nSPS) is 16.1. The van der Waals surface area contributed by atoms with E-state index in [0.717, 1.165) is 16.3 Å². The molecule has 30 heavy (non-hydrogen) atoms. The van der Waals surface area contributed by atoms with E-state index in [0.29, 0.717) is 13.0 Å². The Morgan fingerprint density at radius 3 is 2.77 bits per heavy atom. The highest BCUT2D eigenvalue weighted by molar-refractivity contribution is 7.13. The highest BCUT2D eigenvalue weighted by atomic mass is 32.1. The van der Waals surface area contributed by atoms with Gasteiger partial charge in [-0.15, -0.1) is 11.3 Å². The van der Waals surface area contributed by atoms with Crippen molar-refractivity contribution in [1.82, 2.24) is 10.3 Å². The molecule has 1 unspecified atom stereocenters. The second-order valence-corrected chi connectivity index (χ2v) is 8.27. The Hall–Kier alpha value is -3.06. The van der Waals surface area contributed by atoms with Gasteiger partial charge in [-0.2, -0.15) is 0 Å². The van der Waals surface area contributed by atoms with E-state index in [4.69, 9.17) is 0 Å². The van der Waals surface area contributed by atoms with Crippen molar-refractivity contribution in [1.29, 1.82) is 0 Å². The number of carbonyl (C=O) groups excluding carboxylic acids is 2. The van der Waals surface area contributed by atoms with Crippen LogP contribution in [0.2, 0.25) is 0 Å². The predicted octanol–water partition coefficient (Wildman–Crippen LogP) is 3.97. The highest BCUT2D eigenvalue weighted by Crippen LogP contribution is 2.27. The van der Waals surface area contributed by atoms with Gasteiger partial charge in [0.15, 0.2) is 0 Å². The van der Waals surface area contributed by atoms with Crippen LogP contribution in [0.5, 0.6) is 0 Å². The summed E-state index contributed by atoms with van der Waals surface area (Å²) >= 11 is 1.58. The van der Waals surface area contributed by atoms with Gasteiger partial charge in [0.1, 0.15) is 10.8 Å². The number of nitrogens with zero attached hydrogens (tertiary/aromatic N) is 2. The number of nitrogens with one attached hydrogen (secondary N) is 1. The lowest BCUT2D eigenvalue weighted by Gasteiger charge is -2.17. The molecule has 0 radical (unpaired) electrons. The molecule has 1 atom stereocenters. The average Bonchev–Trinajstić information content (AvgIpc) is 3.36. The third kappa shape index (κ3) is 4.41. The van der Waals surface area contributed by atoms with Crippen LogP contribution in [0, 0.1) is 18.7 Å². The van der Waals surface area contributed by atoms with E-state index in [1.807, 2.05) is 12.3 Å². The number of aromatic nitrogens is 1. The Balaban J connectivity index is 1.30. The summed E-state index contributed by atoms with van der Waals surface area (Å²) in [6.45, 7) is 2.69. The summed E-state index contributed by atoms with van der Waals surface area (Å²) in [5.74, 6) is -1.35. The number of hydrogen-bond acceptors (Lipinski definition) is 4. The van der Waals surface area contributed by atoms with Crippen LogP contribution in [-0.2, 0) is 16.0 Å². The Kier molecular flexibility index (Phi) is 5.90. The molecule has 4 rings (SSSR count). The fraction of sp³-hybridized carbons (Fsp3) is 0.261. The second-order valence-electron chi connectivity index (χ2n) is 7.41. The average molecular weight is 424 g/mol. The Morgan fingerprint density at radius 1 is 1.23 bits per heavy atom. The zero-order chi connectivity index (χ0) is 21.1. The first-order valence-corrected chi connectivity index (χ1v) is 10.7. The molecule has 1 aliphatic rings. The van der Waals surface area contributed by atoms with Crippen LogP contribution >= 0.6 is 11.3 Å². The van der Waals surface area contributed by atoms with Crippen LogP contribution in [0.25, 0.3) is 10.6 Å². The van der Waals surface area contributed by atoms with E-state index < -0.39 is 11.7 Å². The van der Waals surface area contributed by atoms with Crippen LogP contribution in [0.3, 0.4) is 0 Å². The van der Waals surface area contributed by atoms with Crippen molar-refractivity contribution in [2.24, 2.45) is 5.92 Å². The van der Waals surface area contributed by atoms with E-state index in [1.54, 1.807) is 29.5 Å². The molecule has 1 aliphatic heterocycles. The maximum atomic E-state index is 14.0. The van der Waals surface area contributed by atoms with Gasteiger partial charge >= 0.3 is 0 Å². The molecule has 2 amide bonds. The first kappa shape index (κ1) is 20.2. The van der Waals surface area contributed by atoms with Gasteiger partial charge in [-0.3, -0.25) is 9.59 Å².